The Morgan fingerprint density at radius 3 is 2.80 bits per heavy atom. The largest absolute Gasteiger partial charge is 0.392 e. The summed E-state index contributed by atoms with van der Waals surface area (Å²) in [5, 5.41) is 13.5. The molecule has 2 atom stereocenters. The van der Waals surface area contributed by atoms with Crippen LogP contribution in [0, 0.1) is 5.41 Å². The first kappa shape index (κ1) is 15.5. The maximum Gasteiger partial charge on any atom is 0.0669 e. The Hall–Kier alpha value is -0.860. The fourth-order valence-electron chi connectivity index (χ4n) is 3.27. The normalized spacial score (nSPS) is 20.5. The molecular formula is C18H29NO. The third kappa shape index (κ3) is 4.60. The maximum absolute atomic E-state index is 10.0. The minimum Gasteiger partial charge on any atom is -0.392 e. The van der Waals surface area contributed by atoms with E-state index < -0.39 is 0 Å². The summed E-state index contributed by atoms with van der Waals surface area (Å²) in [5.74, 6) is 0.613. The van der Waals surface area contributed by atoms with Gasteiger partial charge in [0.25, 0.3) is 0 Å². The maximum atomic E-state index is 10.0. The molecule has 0 saturated heterocycles. The minimum atomic E-state index is -0.242. The lowest BCUT2D eigenvalue weighted by atomic mass is 9.83. The predicted octanol–water partition coefficient (Wildman–Crippen LogP) is 3.49. The number of aryl methyl sites for hydroxylation is 1. The zero-order chi connectivity index (χ0) is 14.6. The zero-order valence-corrected chi connectivity index (χ0v) is 13.2. The average Bonchev–Trinajstić information content (AvgIpc) is 2.37. The average molecular weight is 275 g/mol. The Kier molecular flexibility index (Phi) is 5.22. The van der Waals surface area contributed by atoms with Gasteiger partial charge in [0, 0.05) is 13.1 Å². The molecular weight excluding hydrogens is 246 g/mol. The minimum absolute atomic E-state index is 0.193. The van der Waals surface area contributed by atoms with E-state index in [1.807, 2.05) is 0 Å². The molecule has 2 N–H and O–H groups in total. The molecule has 20 heavy (non-hydrogen) atoms. The van der Waals surface area contributed by atoms with E-state index in [2.05, 4.69) is 50.4 Å². The number of nitrogens with one attached hydrogen (secondary N) is 1. The molecule has 112 valence electrons. The summed E-state index contributed by atoms with van der Waals surface area (Å²) in [4.78, 5) is 0. The molecule has 1 aromatic carbocycles. The standard InChI is InChI=1S/C18H29NO/c1-18(2,3)11-16(20)13-19-12-15-9-6-8-14-7-4-5-10-17(14)15/h4-5,7,10,15-16,19-20H,6,8-9,11-13H2,1-3H3. The van der Waals surface area contributed by atoms with Crippen molar-refractivity contribution in [1.29, 1.82) is 0 Å². The molecule has 0 bridgehead atoms. The quantitative estimate of drug-likeness (QED) is 0.862. The second-order valence-electron chi connectivity index (χ2n) is 7.36. The summed E-state index contributed by atoms with van der Waals surface area (Å²) in [6.07, 6.45) is 4.38. The van der Waals surface area contributed by atoms with Gasteiger partial charge in [-0.2, -0.15) is 0 Å². The van der Waals surface area contributed by atoms with Crippen molar-refractivity contribution < 1.29 is 5.11 Å². The van der Waals surface area contributed by atoms with Gasteiger partial charge < -0.3 is 10.4 Å². The topological polar surface area (TPSA) is 32.3 Å². The molecule has 0 fully saturated rings. The van der Waals surface area contributed by atoms with Crippen LogP contribution >= 0.6 is 0 Å². The first-order valence-corrected chi connectivity index (χ1v) is 7.92. The van der Waals surface area contributed by atoms with Crippen LogP contribution in [-0.4, -0.2) is 24.3 Å². The van der Waals surface area contributed by atoms with Crippen molar-refractivity contribution >= 4 is 0 Å². The summed E-state index contributed by atoms with van der Waals surface area (Å²) >= 11 is 0. The van der Waals surface area contributed by atoms with Gasteiger partial charge in [-0.1, -0.05) is 45.0 Å². The number of aliphatic hydroxyl groups is 1. The van der Waals surface area contributed by atoms with Crippen molar-refractivity contribution in [1.82, 2.24) is 5.32 Å². The third-order valence-electron chi connectivity index (χ3n) is 4.11. The molecule has 0 spiro atoms. The number of hydrogen-bond acceptors (Lipinski definition) is 2. The Labute approximate surface area is 123 Å². The van der Waals surface area contributed by atoms with Crippen molar-refractivity contribution in [2.45, 2.75) is 58.5 Å². The molecule has 0 heterocycles. The van der Waals surface area contributed by atoms with Gasteiger partial charge in [-0.25, -0.2) is 0 Å². The molecule has 1 aliphatic carbocycles. The summed E-state index contributed by atoms with van der Waals surface area (Å²) in [5.41, 5.74) is 3.22. The van der Waals surface area contributed by atoms with Crippen molar-refractivity contribution in [2.24, 2.45) is 5.41 Å². The van der Waals surface area contributed by atoms with Gasteiger partial charge in [-0.15, -0.1) is 0 Å². The summed E-state index contributed by atoms with van der Waals surface area (Å²) in [6, 6.07) is 8.82. The van der Waals surface area contributed by atoms with Crippen molar-refractivity contribution in [3.05, 3.63) is 35.4 Å². The molecule has 1 aromatic rings. The Balaban J connectivity index is 1.81. The van der Waals surface area contributed by atoms with Crippen molar-refractivity contribution in [3.8, 4) is 0 Å². The molecule has 0 amide bonds. The highest BCUT2D eigenvalue weighted by Crippen LogP contribution is 2.30. The number of benzene rings is 1. The Bertz CT molecular complexity index is 422. The molecule has 0 saturated carbocycles. The molecule has 1 aliphatic rings. The van der Waals surface area contributed by atoms with Crippen LogP contribution in [0.3, 0.4) is 0 Å². The molecule has 2 rings (SSSR count). The number of aliphatic hydroxyl groups excluding tert-OH is 1. The van der Waals surface area contributed by atoms with Gasteiger partial charge in [-0.05, 0) is 48.1 Å². The molecule has 2 heteroatoms. The van der Waals surface area contributed by atoms with Crippen LogP contribution in [0.5, 0.6) is 0 Å². The zero-order valence-electron chi connectivity index (χ0n) is 13.2. The monoisotopic (exact) mass is 275 g/mol. The molecule has 0 aliphatic heterocycles. The first-order valence-electron chi connectivity index (χ1n) is 7.92. The smallest absolute Gasteiger partial charge is 0.0669 e. The van der Waals surface area contributed by atoms with Crippen LogP contribution in [0.2, 0.25) is 0 Å². The van der Waals surface area contributed by atoms with Gasteiger partial charge in [-0.3, -0.25) is 0 Å². The van der Waals surface area contributed by atoms with Crippen LogP contribution in [0.4, 0.5) is 0 Å². The molecule has 2 unspecified atom stereocenters. The third-order valence-corrected chi connectivity index (χ3v) is 4.11. The molecule has 0 radical (unpaired) electrons. The van der Waals surface area contributed by atoms with Crippen molar-refractivity contribution in [2.75, 3.05) is 13.1 Å². The van der Waals surface area contributed by atoms with Gasteiger partial charge in [0.05, 0.1) is 6.10 Å². The fourth-order valence-corrected chi connectivity index (χ4v) is 3.27. The second-order valence-corrected chi connectivity index (χ2v) is 7.36. The van der Waals surface area contributed by atoms with E-state index >= 15 is 0 Å². The number of rotatable bonds is 5. The van der Waals surface area contributed by atoms with E-state index in [-0.39, 0.29) is 11.5 Å². The first-order chi connectivity index (χ1) is 9.46. The summed E-state index contributed by atoms with van der Waals surface area (Å²) in [7, 11) is 0. The highest BCUT2D eigenvalue weighted by Gasteiger charge is 2.20. The van der Waals surface area contributed by atoms with Crippen LogP contribution in [0.1, 0.15) is 57.1 Å². The lowest BCUT2D eigenvalue weighted by Crippen LogP contribution is -2.33. The van der Waals surface area contributed by atoms with E-state index in [4.69, 9.17) is 0 Å². The SMILES string of the molecule is CC(C)(C)CC(O)CNCC1CCCc2ccccc21. The Morgan fingerprint density at radius 2 is 2.05 bits per heavy atom. The van der Waals surface area contributed by atoms with Crippen LogP contribution in [-0.2, 0) is 6.42 Å². The van der Waals surface area contributed by atoms with E-state index in [1.165, 1.54) is 30.4 Å². The van der Waals surface area contributed by atoms with Crippen LogP contribution in [0.25, 0.3) is 0 Å². The van der Waals surface area contributed by atoms with Gasteiger partial charge in [0.15, 0.2) is 0 Å². The van der Waals surface area contributed by atoms with Crippen LogP contribution < -0.4 is 5.32 Å². The number of hydrogen-bond donors (Lipinski definition) is 2. The molecule has 0 aromatic heterocycles. The predicted molar refractivity (Wildman–Crippen MR) is 85.1 cm³/mol. The molecule has 2 nitrogen and oxygen atoms in total. The highest BCUT2D eigenvalue weighted by molar-refractivity contribution is 5.32. The van der Waals surface area contributed by atoms with E-state index in [9.17, 15) is 5.11 Å². The van der Waals surface area contributed by atoms with E-state index in [0.29, 0.717) is 12.5 Å². The summed E-state index contributed by atoms with van der Waals surface area (Å²) < 4.78 is 0. The van der Waals surface area contributed by atoms with Gasteiger partial charge in [0.1, 0.15) is 0 Å². The van der Waals surface area contributed by atoms with Gasteiger partial charge >= 0.3 is 0 Å². The van der Waals surface area contributed by atoms with Crippen LogP contribution in [0.15, 0.2) is 24.3 Å². The second kappa shape index (κ2) is 6.73. The fraction of sp³-hybridized carbons (Fsp3) is 0.667. The summed E-state index contributed by atoms with van der Waals surface area (Å²) in [6.45, 7) is 8.21. The lowest BCUT2D eigenvalue weighted by Gasteiger charge is -2.27. The highest BCUT2D eigenvalue weighted by atomic mass is 16.3. The number of fused-ring (bicyclic) bond motifs is 1. The van der Waals surface area contributed by atoms with E-state index in [1.54, 1.807) is 0 Å². The Morgan fingerprint density at radius 1 is 1.30 bits per heavy atom. The van der Waals surface area contributed by atoms with Crippen molar-refractivity contribution in [3.63, 3.8) is 0 Å². The lowest BCUT2D eigenvalue weighted by molar-refractivity contribution is 0.119. The van der Waals surface area contributed by atoms with Gasteiger partial charge in [0.2, 0.25) is 0 Å². The van der Waals surface area contributed by atoms with E-state index in [0.717, 1.165) is 13.0 Å².